The second-order valence-corrected chi connectivity index (χ2v) is 3.29. The molecule has 0 radical (unpaired) electrons. The fourth-order valence-electron chi connectivity index (χ4n) is 1.17. The minimum atomic E-state index is -0.391. The molecule has 0 saturated heterocycles. The van der Waals surface area contributed by atoms with E-state index in [2.05, 4.69) is 25.7 Å². The number of hydrogen-bond acceptors (Lipinski definition) is 3. The summed E-state index contributed by atoms with van der Waals surface area (Å²) in [5.41, 5.74) is 1.26. The van der Waals surface area contributed by atoms with Crippen molar-refractivity contribution in [2.45, 2.75) is 13.3 Å². The Morgan fingerprint density at radius 1 is 1.69 bits per heavy atom. The van der Waals surface area contributed by atoms with Crippen LogP contribution in [0.4, 0.5) is 0 Å². The van der Waals surface area contributed by atoms with Crippen LogP contribution >= 0.6 is 15.9 Å². The molecule has 0 saturated carbocycles. The molecule has 0 aliphatic carbocycles. The van der Waals surface area contributed by atoms with Crippen molar-refractivity contribution in [2.24, 2.45) is 7.05 Å². The van der Waals surface area contributed by atoms with E-state index in [0.717, 1.165) is 12.1 Å². The number of carbonyl (C=O) groups excluding carboxylic acids is 1. The lowest BCUT2D eigenvalue weighted by molar-refractivity contribution is 0.0593. The van der Waals surface area contributed by atoms with Crippen LogP contribution in [0, 0.1) is 0 Å². The van der Waals surface area contributed by atoms with Gasteiger partial charge in [0.1, 0.15) is 0 Å². The lowest BCUT2D eigenvalue weighted by atomic mass is 10.2. The topological polar surface area (TPSA) is 44.1 Å². The van der Waals surface area contributed by atoms with Crippen LogP contribution < -0.4 is 0 Å². The molecular weight excluding hydrogens is 236 g/mol. The number of halogens is 1. The Kier molecular flexibility index (Phi) is 3.08. The molecule has 0 aromatic carbocycles. The van der Waals surface area contributed by atoms with E-state index < -0.39 is 5.97 Å². The molecule has 13 heavy (non-hydrogen) atoms. The highest BCUT2D eigenvalue weighted by Crippen LogP contribution is 2.16. The van der Waals surface area contributed by atoms with Gasteiger partial charge in [-0.05, 0) is 22.4 Å². The van der Waals surface area contributed by atoms with Crippen LogP contribution in [0.1, 0.15) is 23.1 Å². The zero-order valence-electron chi connectivity index (χ0n) is 7.80. The number of imidazole rings is 1. The van der Waals surface area contributed by atoms with E-state index in [1.165, 1.54) is 7.11 Å². The van der Waals surface area contributed by atoms with Crippen molar-refractivity contribution in [3.8, 4) is 0 Å². The lowest BCUT2D eigenvalue weighted by Gasteiger charge is -2.00. The highest BCUT2D eigenvalue weighted by Gasteiger charge is 2.18. The summed E-state index contributed by atoms with van der Waals surface area (Å²) >= 11 is 3.25. The van der Waals surface area contributed by atoms with E-state index in [4.69, 9.17) is 0 Å². The molecule has 1 heterocycles. The average molecular weight is 247 g/mol. The predicted octanol–water partition coefficient (Wildman–Crippen LogP) is 1.53. The van der Waals surface area contributed by atoms with Gasteiger partial charge in [0.15, 0.2) is 10.4 Å². The van der Waals surface area contributed by atoms with Gasteiger partial charge in [-0.15, -0.1) is 0 Å². The number of esters is 1. The summed E-state index contributed by atoms with van der Waals surface area (Å²) in [6.07, 6.45) is 0.750. The molecule has 1 rings (SSSR count). The van der Waals surface area contributed by atoms with E-state index in [1.807, 2.05) is 18.5 Å². The first-order chi connectivity index (χ1) is 6.11. The number of hydrogen-bond donors (Lipinski definition) is 0. The zero-order chi connectivity index (χ0) is 10.0. The number of aromatic nitrogens is 2. The summed E-state index contributed by atoms with van der Waals surface area (Å²) in [6, 6.07) is 0. The van der Waals surface area contributed by atoms with E-state index in [9.17, 15) is 4.79 Å². The fraction of sp³-hybridized carbons (Fsp3) is 0.500. The Hall–Kier alpha value is -0.840. The normalized spacial score (nSPS) is 10.2. The predicted molar refractivity (Wildman–Crippen MR) is 51.6 cm³/mol. The van der Waals surface area contributed by atoms with Crippen molar-refractivity contribution in [3.05, 3.63) is 16.1 Å². The molecular formula is C8H11BrN2O2. The summed E-state index contributed by atoms with van der Waals surface area (Å²) < 4.78 is 7.08. The van der Waals surface area contributed by atoms with Crippen LogP contribution in [-0.4, -0.2) is 22.6 Å². The molecule has 0 fully saturated rings. The van der Waals surface area contributed by atoms with E-state index in [-0.39, 0.29) is 0 Å². The first kappa shape index (κ1) is 10.2. The standard InChI is InChI=1S/C8H11BrN2O2/c1-4-5-6(7(12)13-3)10-8(9)11(5)2/h4H2,1-3H3. The van der Waals surface area contributed by atoms with Gasteiger partial charge in [-0.25, -0.2) is 9.78 Å². The van der Waals surface area contributed by atoms with Gasteiger partial charge in [-0.3, -0.25) is 0 Å². The fourth-order valence-corrected chi connectivity index (χ4v) is 1.56. The Balaban J connectivity index is 3.21. The summed E-state index contributed by atoms with van der Waals surface area (Å²) in [5, 5.41) is 0. The molecule has 4 nitrogen and oxygen atoms in total. The average Bonchev–Trinajstić information content (AvgIpc) is 2.42. The quantitative estimate of drug-likeness (QED) is 0.744. The maximum absolute atomic E-state index is 11.2. The zero-order valence-corrected chi connectivity index (χ0v) is 9.38. The monoisotopic (exact) mass is 246 g/mol. The van der Waals surface area contributed by atoms with Gasteiger partial charge in [-0.1, -0.05) is 6.92 Å². The van der Waals surface area contributed by atoms with Crippen molar-refractivity contribution >= 4 is 21.9 Å². The second kappa shape index (κ2) is 3.91. The molecule has 0 N–H and O–H groups in total. The number of rotatable bonds is 2. The smallest absolute Gasteiger partial charge is 0.358 e. The van der Waals surface area contributed by atoms with E-state index in [0.29, 0.717) is 10.4 Å². The molecule has 0 amide bonds. The lowest BCUT2D eigenvalue weighted by Crippen LogP contribution is -2.06. The van der Waals surface area contributed by atoms with Crippen LogP contribution in [0.3, 0.4) is 0 Å². The first-order valence-corrected chi connectivity index (χ1v) is 4.70. The van der Waals surface area contributed by atoms with Gasteiger partial charge in [0.2, 0.25) is 0 Å². The SMILES string of the molecule is CCc1c(C(=O)OC)nc(Br)n1C. The van der Waals surface area contributed by atoms with Crippen LogP contribution in [0.2, 0.25) is 0 Å². The third-order valence-corrected chi connectivity index (χ3v) is 2.58. The molecule has 0 atom stereocenters. The molecule has 0 spiro atoms. The van der Waals surface area contributed by atoms with Crippen LogP contribution in [0.15, 0.2) is 4.73 Å². The van der Waals surface area contributed by atoms with E-state index >= 15 is 0 Å². The molecule has 72 valence electrons. The van der Waals surface area contributed by atoms with Gasteiger partial charge < -0.3 is 9.30 Å². The maximum atomic E-state index is 11.2. The Labute approximate surface area is 85.0 Å². The van der Waals surface area contributed by atoms with Crippen molar-refractivity contribution in [1.82, 2.24) is 9.55 Å². The third kappa shape index (κ3) is 1.75. The number of methoxy groups -OCH3 is 1. The number of carbonyl (C=O) groups is 1. The summed E-state index contributed by atoms with van der Waals surface area (Å²) in [7, 11) is 3.20. The van der Waals surface area contributed by atoms with Crippen LogP contribution in [0.5, 0.6) is 0 Å². The van der Waals surface area contributed by atoms with Gasteiger partial charge in [-0.2, -0.15) is 0 Å². The van der Waals surface area contributed by atoms with E-state index in [1.54, 1.807) is 0 Å². The van der Waals surface area contributed by atoms with Gasteiger partial charge in [0, 0.05) is 7.05 Å². The highest BCUT2D eigenvalue weighted by atomic mass is 79.9. The second-order valence-electron chi connectivity index (χ2n) is 2.58. The summed E-state index contributed by atoms with van der Waals surface area (Å²) in [5.74, 6) is -0.391. The minimum absolute atomic E-state index is 0.388. The summed E-state index contributed by atoms with van der Waals surface area (Å²) in [6.45, 7) is 1.97. The Bertz CT molecular complexity index is 333. The van der Waals surface area contributed by atoms with Gasteiger partial charge in [0.05, 0.1) is 12.8 Å². The maximum Gasteiger partial charge on any atom is 0.358 e. The van der Waals surface area contributed by atoms with Crippen molar-refractivity contribution in [2.75, 3.05) is 7.11 Å². The van der Waals surface area contributed by atoms with Crippen molar-refractivity contribution in [3.63, 3.8) is 0 Å². The Morgan fingerprint density at radius 3 is 2.77 bits per heavy atom. The summed E-state index contributed by atoms with van der Waals surface area (Å²) in [4.78, 5) is 15.3. The van der Waals surface area contributed by atoms with Crippen LogP contribution in [0.25, 0.3) is 0 Å². The van der Waals surface area contributed by atoms with Crippen LogP contribution in [-0.2, 0) is 18.2 Å². The van der Waals surface area contributed by atoms with Crippen molar-refractivity contribution in [1.29, 1.82) is 0 Å². The van der Waals surface area contributed by atoms with Crippen molar-refractivity contribution < 1.29 is 9.53 Å². The highest BCUT2D eigenvalue weighted by molar-refractivity contribution is 9.10. The molecule has 1 aromatic rings. The number of nitrogens with zero attached hydrogens (tertiary/aromatic N) is 2. The molecule has 0 aliphatic rings. The molecule has 0 bridgehead atoms. The molecule has 1 aromatic heterocycles. The molecule has 0 unspecified atom stereocenters. The minimum Gasteiger partial charge on any atom is -0.464 e. The van der Waals surface area contributed by atoms with Gasteiger partial charge >= 0.3 is 5.97 Å². The number of ether oxygens (including phenoxy) is 1. The third-order valence-electron chi connectivity index (χ3n) is 1.87. The molecule has 0 aliphatic heterocycles. The Morgan fingerprint density at radius 2 is 2.31 bits per heavy atom. The molecule has 5 heteroatoms. The largest absolute Gasteiger partial charge is 0.464 e. The first-order valence-electron chi connectivity index (χ1n) is 3.91. The van der Waals surface area contributed by atoms with Gasteiger partial charge in [0.25, 0.3) is 0 Å².